The predicted molar refractivity (Wildman–Crippen MR) is 66.3 cm³/mol. The minimum Gasteiger partial charge on any atom is -0.331 e. The number of nitrogens with zero attached hydrogens (tertiary/aromatic N) is 2. The summed E-state index contributed by atoms with van der Waals surface area (Å²) in [5.74, 6) is 0.462. The number of Topliss-reactive ketones (excluding diaryl/α,β-unsaturated/α-hetero) is 1. The van der Waals surface area contributed by atoms with E-state index in [1.807, 2.05) is 37.5 Å². The number of carbonyl (C=O) groups is 1. The van der Waals surface area contributed by atoms with Crippen molar-refractivity contribution in [2.45, 2.75) is 6.92 Å². The van der Waals surface area contributed by atoms with Crippen molar-refractivity contribution >= 4 is 21.7 Å². The molecular weight excluding hydrogens is 268 g/mol. The first kappa shape index (κ1) is 11.1. The van der Waals surface area contributed by atoms with Gasteiger partial charge in [0.25, 0.3) is 0 Å². The molecule has 0 spiro atoms. The highest BCUT2D eigenvalue weighted by molar-refractivity contribution is 9.10. The third-order valence-electron chi connectivity index (χ3n) is 2.33. The van der Waals surface area contributed by atoms with Crippen molar-refractivity contribution in [2.75, 3.05) is 0 Å². The number of hydrogen-bond acceptors (Lipinski definition) is 2. The maximum absolute atomic E-state index is 11.3. The number of aromatic nitrogens is 2. The van der Waals surface area contributed by atoms with Crippen LogP contribution in [0.2, 0.25) is 0 Å². The first-order valence-corrected chi connectivity index (χ1v) is 5.67. The Bertz CT molecular complexity index is 528. The Morgan fingerprint density at radius 3 is 2.44 bits per heavy atom. The third-order valence-corrected chi connectivity index (χ3v) is 2.86. The second kappa shape index (κ2) is 4.22. The second-order valence-electron chi connectivity index (χ2n) is 3.62. The molecule has 0 atom stereocenters. The lowest BCUT2D eigenvalue weighted by atomic mass is 10.2. The lowest BCUT2D eigenvalue weighted by Crippen LogP contribution is -2.01. The maximum Gasteiger partial charge on any atom is 0.195 e. The van der Waals surface area contributed by atoms with Crippen molar-refractivity contribution in [1.82, 2.24) is 9.55 Å². The van der Waals surface area contributed by atoms with Crippen molar-refractivity contribution in [3.63, 3.8) is 0 Å². The zero-order chi connectivity index (χ0) is 11.7. The molecular formula is C12H11BrN2O. The molecule has 2 rings (SSSR count). The SMILES string of the molecule is CC(=O)c1nc(-c2ccc(Br)cc2)cn1C. The summed E-state index contributed by atoms with van der Waals surface area (Å²) < 4.78 is 2.78. The molecule has 1 heterocycles. The molecule has 0 amide bonds. The van der Waals surface area contributed by atoms with Gasteiger partial charge in [-0.05, 0) is 12.1 Å². The van der Waals surface area contributed by atoms with Gasteiger partial charge in [0, 0.05) is 30.2 Å². The highest BCUT2D eigenvalue weighted by Crippen LogP contribution is 2.20. The molecule has 1 aromatic carbocycles. The lowest BCUT2D eigenvalue weighted by Gasteiger charge is -1.95. The van der Waals surface area contributed by atoms with Crippen LogP contribution in [-0.4, -0.2) is 15.3 Å². The fraction of sp³-hybridized carbons (Fsp3) is 0.167. The first-order chi connectivity index (χ1) is 7.58. The van der Waals surface area contributed by atoms with E-state index in [-0.39, 0.29) is 5.78 Å². The van der Waals surface area contributed by atoms with Crippen molar-refractivity contribution in [1.29, 1.82) is 0 Å². The summed E-state index contributed by atoms with van der Waals surface area (Å²) in [7, 11) is 1.83. The Balaban J connectivity index is 2.45. The topological polar surface area (TPSA) is 34.9 Å². The van der Waals surface area contributed by atoms with E-state index >= 15 is 0 Å². The van der Waals surface area contributed by atoms with Crippen molar-refractivity contribution in [3.8, 4) is 11.3 Å². The Labute approximate surface area is 102 Å². The van der Waals surface area contributed by atoms with Gasteiger partial charge >= 0.3 is 0 Å². The van der Waals surface area contributed by atoms with Gasteiger partial charge in [0.1, 0.15) is 0 Å². The summed E-state index contributed by atoms with van der Waals surface area (Å²) in [6.45, 7) is 1.52. The van der Waals surface area contributed by atoms with Gasteiger partial charge in [0.15, 0.2) is 11.6 Å². The van der Waals surface area contributed by atoms with Crippen LogP contribution in [0.3, 0.4) is 0 Å². The molecule has 1 aromatic heterocycles. The summed E-state index contributed by atoms with van der Waals surface area (Å²) in [6.07, 6.45) is 1.86. The van der Waals surface area contributed by atoms with Crippen LogP contribution in [0.25, 0.3) is 11.3 Å². The number of rotatable bonds is 2. The van der Waals surface area contributed by atoms with Crippen LogP contribution in [-0.2, 0) is 7.05 Å². The van der Waals surface area contributed by atoms with E-state index in [2.05, 4.69) is 20.9 Å². The lowest BCUT2D eigenvalue weighted by molar-refractivity contribution is 0.100. The average molecular weight is 279 g/mol. The summed E-state index contributed by atoms with van der Waals surface area (Å²) in [6, 6.07) is 7.85. The maximum atomic E-state index is 11.3. The van der Waals surface area contributed by atoms with Crippen LogP contribution < -0.4 is 0 Å². The van der Waals surface area contributed by atoms with Crippen LogP contribution in [0.1, 0.15) is 17.5 Å². The summed E-state index contributed by atoms with van der Waals surface area (Å²) in [4.78, 5) is 15.6. The van der Waals surface area contributed by atoms with Gasteiger partial charge in [-0.2, -0.15) is 0 Å². The van der Waals surface area contributed by atoms with Crippen LogP contribution in [0, 0.1) is 0 Å². The van der Waals surface area contributed by atoms with Gasteiger partial charge in [-0.3, -0.25) is 4.79 Å². The van der Waals surface area contributed by atoms with E-state index in [1.165, 1.54) is 6.92 Å². The Hall–Kier alpha value is -1.42. The van der Waals surface area contributed by atoms with Gasteiger partial charge in [0.05, 0.1) is 5.69 Å². The molecule has 0 fully saturated rings. The van der Waals surface area contributed by atoms with Gasteiger partial charge in [-0.1, -0.05) is 28.1 Å². The molecule has 0 saturated carbocycles. The van der Waals surface area contributed by atoms with E-state index in [0.717, 1.165) is 15.7 Å². The highest BCUT2D eigenvalue weighted by Gasteiger charge is 2.10. The molecule has 0 saturated heterocycles. The summed E-state index contributed by atoms with van der Waals surface area (Å²) >= 11 is 3.38. The van der Waals surface area contributed by atoms with E-state index < -0.39 is 0 Å². The highest BCUT2D eigenvalue weighted by atomic mass is 79.9. The monoisotopic (exact) mass is 278 g/mol. The van der Waals surface area contributed by atoms with Crippen LogP contribution in [0.4, 0.5) is 0 Å². The van der Waals surface area contributed by atoms with Crippen molar-refractivity contribution in [3.05, 3.63) is 40.8 Å². The normalized spacial score (nSPS) is 10.4. The minimum atomic E-state index is -0.0224. The third kappa shape index (κ3) is 2.07. The molecule has 16 heavy (non-hydrogen) atoms. The van der Waals surface area contributed by atoms with Crippen LogP contribution in [0.5, 0.6) is 0 Å². The van der Waals surface area contributed by atoms with Crippen LogP contribution in [0.15, 0.2) is 34.9 Å². The molecule has 0 aliphatic heterocycles. The smallest absolute Gasteiger partial charge is 0.195 e. The van der Waals surface area contributed by atoms with Crippen LogP contribution >= 0.6 is 15.9 Å². The molecule has 0 N–H and O–H groups in total. The largest absolute Gasteiger partial charge is 0.331 e. The van der Waals surface area contributed by atoms with E-state index in [9.17, 15) is 4.79 Å². The minimum absolute atomic E-state index is 0.0224. The van der Waals surface area contributed by atoms with E-state index in [1.54, 1.807) is 4.57 Å². The number of halogens is 1. The van der Waals surface area contributed by atoms with Gasteiger partial charge < -0.3 is 4.57 Å². The number of hydrogen-bond donors (Lipinski definition) is 0. The number of aryl methyl sites for hydroxylation is 1. The molecule has 0 aliphatic carbocycles. The molecule has 0 bridgehead atoms. The predicted octanol–water partition coefficient (Wildman–Crippen LogP) is 3.05. The number of imidazole rings is 1. The van der Waals surface area contributed by atoms with Gasteiger partial charge in [0.2, 0.25) is 0 Å². The fourth-order valence-electron chi connectivity index (χ4n) is 1.55. The Kier molecular flexibility index (Phi) is 2.92. The van der Waals surface area contributed by atoms with Crippen molar-refractivity contribution in [2.24, 2.45) is 7.05 Å². The standard InChI is InChI=1S/C12H11BrN2O/c1-8(16)12-14-11(7-15(12)2)9-3-5-10(13)6-4-9/h3-7H,1-2H3. The molecule has 2 aromatic rings. The zero-order valence-corrected chi connectivity index (χ0v) is 10.7. The summed E-state index contributed by atoms with van der Waals surface area (Å²) in [5, 5.41) is 0. The second-order valence-corrected chi connectivity index (χ2v) is 4.54. The fourth-order valence-corrected chi connectivity index (χ4v) is 1.82. The molecule has 0 radical (unpaired) electrons. The number of carbonyl (C=O) groups excluding carboxylic acids is 1. The van der Waals surface area contributed by atoms with E-state index in [0.29, 0.717) is 5.82 Å². The quantitative estimate of drug-likeness (QED) is 0.792. The average Bonchev–Trinajstić information content (AvgIpc) is 2.61. The van der Waals surface area contributed by atoms with E-state index in [4.69, 9.17) is 0 Å². The molecule has 0 aliphatic rings. The number of ketones is 1. The molecule has 4 heteroatoms. The number of benzene rings is 1. The van der Waals surface area contributed by atoms with Gasteiger partial charge in [-0.25, -0.2) is 4.98 Å². The molecule has 3 nitrogen and oxygen atoms in total. The first-order valence-electron chi connectivity index (χ1n) is 4.88. The van der Waals surface area contributed by atoms with Gasteiger partial charge in [-0.15, -0.1) is 0 Å². The molecule has 82 valence electrons. The Morgan fingerprint density at radius 2 is 1.94 bits per heavy atom. The molecule has 0 unspecified atom stereocenters. The summed E-state index contributed by atoms with van der Waals surface area (Å²) in [5.41, 5.74) is 1.83. The zero-order valence-electron chi connectivity index (χ0n) is 9.07. The Morgan fingerprint density at radius 1 is 1.31 bits per heavy atom. The van der Waals surface area contributed by atoms with Crippen molar-refractivity contribution < 1.29 is 4.79 Å².